The van der Waals surface area contributed by atoms with E-state index in [-0.39, 0.29) is 0 Å². The summed E-state index contributed by atoms with van der Waals surface area (Å²) in [5.74, 6) is -1.91. The first-order chi connectivity index (χ1) is 4.63. The molecule has 0 heterocycles. The number of carbonyl (C=O) groups excluding carboxylic acids is 1. The molecule has 1 unspecified atom stereocenters. The molecule has 0 saturated carbocycles. The zero-order chi connectivity index (χ0) is 8.15. The Morgan fingerprint density at radius 1 is 1.40 bits per heavy atom. The maximum absolute atomic E-state index is 10.2. The van der Waals surface area contributed by atoms with Crippen molar-refractivity contribution in [2.75, 3.05) is 14.2 Å². The van der Waals surface area contributed by atoms with E-state index in [9.17, 15) is 9.90 Å². The van der Waals surface area contributed by atoms with Gasteiger partial charge in [0.2, 0.25) is 0 Å². The van der Waals surface area contributed by atoms with Crippen LogP contribution in [0.15, 0.2) is 0 Å². The summed E-state index contributed by atoms with van der Waals surface area (Å²) < 4.78 is 9.36. The largest absolute Gasteiger partial charge is 0.550 e. The average molecular weight is 147 g/mol. The van der Waals surface area contributed by atoms with Crippen LogP contribution in [-0.4, -0.2) is 26.5 Å². The third-order valence-corrected chi connectivity index (χ3v) is 1.24. The zero-order valence-corrected chi connectivity index (χ0v) is 6.29. The highest BCUT2D eigenvalue weighted by molar-refractivity contribution is 5.67. The molecule has 0 aromatic carbocycles. The molecule has 0 aromatic heterocycles. The van der Waals surface area contributed by atoms with Gasteiger partial charge in [-0.2, -0.15) is 0 Å². The van der Waals surface area contributed by atoms with Crippen molar-refractivity contribution in [1.29, 1.82) is 0 Å². The van der Waals surface area contributed by atoms with E-state index in [2.05, 4.69) is 9.47 Å². The third-order valence-electron chi connectivity index (χ3n) is 1.24. The van der Waals surface area contributed by atoms with E-state index in [0.717, 1.165) is 0 Å². The van der Waals surface area contributed by atoms with Crippen molar-refractivity contribution in [1.82, 2.24) is 0 Å². The van der Waals surface area contributed by atoms with Gasteiger partial charge in [0.05, 0.1) is 0 Å². The Morgan fingerprint density at radius 2 is 1.80 bits per heavy atom. The number of carboxylic acid groups (broad SMARTS) is 1. The Balaban J connectivity index is 3.88. The predicted molar refractivity (Wildman–Crippen MR) is 32.0 cm³/mol. The monoisotopic (exact) mass is 147 g/mol. The van der Waals surface area contributed by atoms with Gasteiger partial charge in [-0.3, -0.25) is 0 Å². The van der Waals surface area contributed by atoms with E-state index >= 15 is 0 Å². The van der Waals surface area contributed by atoms with Crippen LogP contribution in [0.3, 0.4) is 0 Å². The van der Waals surface area contributed by atoms with Gasteiger partial charge in [0, 0.05) is 26.1 Å². The molecule has 0 rings (SSSR count). The fourth-order valence-corrected chi connectivity index (χ4v) is 0.616. The van der Waals surface area contributed by atoms with Crippen LogP contribution >= 0.6 is 0 Å². The molecule has 0 radical (unpaired) electrons. The van der Waals surface area contributed by atoms with E-state index in [1.807, 2.05) is 0 Å². The highest BCUT2D eigenvalue weighted by atomic mass is 16.7. The van der Waals surface area contributed by atoms with Crippen LogP contribution in [0.4, 0.5) is 0 Å². The van der Waals surface area contributed by atoms with Crippen molar-refractivity contribution in [3.05, 3.63) is 0 Å². The van der Waals surface area contributed by atoms with Gasteiger partial charge in [-0.15, -0.1) is 0 Å². The molecule has 4 heteroatoms. The van der Waals surface area contributed by atoms with Crippen molar-refractivity contribution >= 4 is 5.97 Å². The zero-order valence-electron chi connectivity index (χ0n) is 6.29. The summed E-state index contributed by atoms with van der Waals surface area (Å²) in [5.41, 5.74) is 0. The Labute approximate surface area is 59.7 Å². The van der Waals surface area contributed by atoms with Gasteiger partial charge in [-0.25, -0.2) is 0 Å². The highest BCUT2D eigenvalue weighted by Gasteiger charge is 2.15. The maximum atomic E-state index is 10.2. The van der Waals surface area contributed by atoms with Gasteiger partial charge >= 0.3 is 0 Å². The summed E-state index contributed by atoms with van der Waals surface area (Å²) in [6, 6.07) is 0. The van der Waals surface area contributed by atoms with Gasteiger partial charge in [0.25, 0.3) is 0 Å². The first kappa shape index (κ1) is 9.39. The molecule has 0 aromatic rings. The van der Waals surface area contributed by atoms with Gasteiger partial charge < -0.3 is 19.4 Å². The van der Waals surface area contributed by atoms with Crippen molar-refractivity contribution in [3.8, 4) is 0 Å². The first-order valence-corrected chi connectivity index (χ1v) is 2.90. The number of rotatable bonds is 4. The minimum absolute atomic E-state index is 0.718. The second-order valence-electron chi connectivity index (χ2n) is 1.95. The average Bonchev–Trinajstić information content (AvgIpc) is 1.90. The standard InChI is InChI=1S/C6H12O4/c1-4(5(7)8)6(9-2)10-3/h4,6H,1-3H3,(H,7,8)/p-1. The minimum atomic E-state index is -1.17. The fourth-order valence-electron chi connectivity index (χ4n) is 0.616. The van der Waals surface area contributed by atoms with Crippen LogP contribution in [0, 0.1) is 5.92 Å². The van der Waals surface area contributed by atoms with E-state index in [1.54, 1.807) is 0 Å². The number of hydrogen-bond donors (Lipinski definition) is 0. The molecule has 0 fully saturated rings. The van der Waals surface area contributed by atoms with Gasteiger partial charge in [-0.1, -0.05) is 6.92 Å². The molecule has 0 spiro atoms. The molecule has 0 amide bonds. The lowest BCUT2D eigenvalue weighted by molar-refractivity contribution is -0.319. The summed E-state index contributed by atoms with van der Waals surface area (Å²) >= 11 is 0. The molecule has 0 aliphatic carbocycles. The topological polar surface area (TPSA) is 58.6 Å². The van der Waals surface area contributed by atoms with Crippen LogP contribution < -0.4 is 5.11 Å². The highest BCUT2D eigenvalue weighted by Crippen LogP contribution is 2.05. The molecular weight excluding hydrogens is 136 g/mol. The minimum Gasteiger partial charge on any atom is -0.550 e. The second kappa shape index (κ2) is 4.24. The SMILES string of the molecule is COC(OC)C(C)C(=O)[O-]. The quantitative estimate of drug-likeness (QED) is 0.478. The van der Waals surface area contributed by atoms with Crippen LogP contribution in [0.5, 0.6) is 0 Å². The first-order valence-electron chi connectivity index (χ1n) is 2.90. The van der Waals surface area contributed by atoms with Gasteiger partial charge in [0.15, 0.2) is 6.29 Å². The van der Waals surface area contributed by atoms with E-state index in [4.69, 9.17) is 0 Å². The molecule has 0 saturated heterocycles. The molecule has 0 N–H and O–H groups in total. The van der Waals surface area contributed by atoms with Gasteiger partial charge in [-0.05, 0) is 0 Å². The molecule has 0 aliphatic rings. The van der Waals surface area contributed by atoms with Crippen molar-refractivity contribution in [2.45, 2.75) is 13.2 Å². The number of carboxylic acids is 1. The maximum Gasteiger partial charge on any atom is 0.164 e. The molecule has 0 aliphatic heterocycles. The molecule has 10 heavy (non-hydrogen) atoms. The third kappa shape index (κ3) is 2.33. The Kier molecular flexibility index (Phi) is 3.99. The lowest BCUT2D eigenvalue weighted by atomic mass is 10.2. The number of hydrogen-bond acceptors (Lipinski definition) is 4. The molecule has 4 nitrogen and oxygen atoms in total. The van der Waals surface area contributed by atoms with E-state index < -0.39 is 18.2 Å². The second-order valence-corrected chi connectivity index (χ2v) is 1.95. The summed E-state index contributed by atoms with van der Waals surface area (Å²) in [7, 11) is 2.77. The van der Waals surface area contributed by atoms with Crippen LogP contribution in [0.25, 0.3) is 0 Å². The fraction of sp³-hybridized carbons (Fsp3) is 0.833. The van der Waals surface area contributed by atoms with Crippen LogP contribution in [-0.2, 0) is 14.3 Å². The van der Waals surface area contributed by atoms with Crippen LogP contribution in [0.1, 0.15) is 6.92 Å². The molecule has 1 atom stereocenters. The lowest BCUT2D eigenvalue weighted by Gasteiger charge is -2.21. The lowest BCUT2D eigenvalue weighted by Crippen LogP contribution is -2.38. The van der Waals surface area contributed by atoms with Crippen LogP contribution in [0.2, 0.25) is 0 Å². The molecular formula is C6H11O4-. The number of ether oxygens (including phenoxy) is 2. The van der Waals surface area contributed by atoms with Crippen molar-refractivity contribution in [2.24, 2.45) is 5.92 Å². The normalized spacial score (nSPS) is 13.6. The van der Waals surface area contributed by atoms with E-state index in [0.29, 0.717) is 0 Å². The van der Waals surface area contributed by atoms with Crippen molar-refractivity contribution < 1.29 is 19.4 Å². The summed E-state index contributed by atoms with van der Waals surface area (Å²) in [5, 5.41) is 10.2. The number of methoxy groups -OCH3 is 2. The molecule has 0 bridgehead atoms. The smallest absolute Gasteiger partial charge is 0.164 e. The number of aliphatic carboxylic acids is 1. The summed E-state index contributed by atoms with van der Waals surface area (Å²) in [6.07, 6.45) is -0.718. The van der Waals surface area contributed by atoms with Gasteiger partial charge in [0.1, 0.15) is 0 Å². The Morgan fingerprint density at radius 3 is 1.90 bits per heavy atom. The van der Waals surface area contributed by atoms with Crippen molar-refractivity contribution in [3.63, 3.8) is 0 Å². The molecule has 60 valence electrons. The van der Waals surface area contributed by atoms with E-state index in [1.165, 1.54) is 21.1 Å². The Bertz CT molecular complexity index is 108. The summed E-state index contributed by atoms with van der Waals surface area (Å²) in [6.45, 7) is 1.47. The summed E-state index contributed by atoms with van der Waals surface area (Å²) in [4.78, 5) is 10.2. The Hall–Kier alpha value is -0.610. The predicted octanol–water partition coefficient (Wildman–Crippen LogP) is -1.01. The number of carbonyl (C=O) groups is 1.